The molecule has 0 bridgehead atoms. The van der Waals surface area contributed by atoms with Gasteiger partial charge in [-0.25, -0.2) is 0 Å². The summed E-state index contributed by atoms with van der Waals surface area (Å²) >= 11 is 0. The minimum Gasteiger partial charge on any atom is -0.481 e. The molecule has 12 nitrogen and oxygen atoms in total. The molecule has 12 heteroatoms. The van der Waals surface area contributed by atoms with Crippen molar-refractivity contribution in [3.8, 4) is 0 Å². The molecule has 42 heavy (non-hydrogen) atoms. The molecule has 5 atom stereocenters. The van der Waals surface area contributed by atoms with Gasteiger partial charge in [0.15, 0.2) is 18.5 Å². The van der Waals surface area contributed by atoms with Crippen LogP contribution in [0.2, 0.25) is 0 Å². The minimum absolute atomic E-state index is 0.259. The van der Waals surface area contributed by atoms with Crippen molar-refractivity contribution in [2.45, 2.75) is 148 Å². The molecule has 0 aromatic carbocycles. The molecule has 242 valence electrons. The fourth-order valence-electron chi connectivity index (χ4n) is 4.96. The van der Waals surface area contributed by atoms with Gasteiger partial charge >= 0.3 is 23.9 Å². The van der Waals surface area contributed by atoms with Crippen LogP contribution in [0.4, 0.5) is 0 Å². The Balaban J connectivity index is 2.47. The maximum Gasteiger partial charge on any atom is 0.303 e. The number of unbranched alkanes of at least 4 members (excludes halogenated alkanes) is 12. The number of hydrogen-bond acceptors (Lipinski definition) is 10. The summed E-state index contributed by atoms with van der Waals surface area (Å²) in [5.74, 6) is -2.99. The number of nitrogens with one attached hydrogen (secondary N) is 1. The van der Waals surface area contributed by atoms with E-state index in [4.69, 9.17) is 28.8 Å². The molecule has 2 N–H and O–H groups in total. The monoisotopic (exact) mass is 601 g/mol. The van der Waals surface area contributed by atoms with E-state index in [-0.39, 0.29) is 13.0 Å². The molecule has 1 saturated heterocycles. The Morgan fingerprint density at radius 3 is 1.60 bits per heavy atom. The van der Waals surface area contributed by atoms with Crippen LogP contribution in [0, 0.1) is 0 Å². The van der Waals surface area contributed by atoms with E-state index in [0.717, 1.165) is 44.9 Å². The van der Waals surface area contributed by atoms with E-state index in [1.807, 2.05) is 0 Å². The number of carboxylic acid groups (broad SMARTS) is 1. The van der Waals surface area contributed by atoms with Crippen LogP contribution in [0.15, 0.2) is 0 Å². The highest BCUT2D eigenvalue weighted by Crippen LogP contribution is 2.28. The lowest BCUT2D eigenvalue weighted by Crippen LogP contribution is -2.66. The van der Waals surface area contributed by atoms with E-state index in [0.29, 0.717) is 6.61 Å². The summed E-state index contributed by atoms with van der Waals surface area (Å²) in [5.41, 5.74) is 0. The summed E-state index contributed by atoms with van der Waals surface area (Å²) in [7, 11) is 0. The van der Waals surface area contributed by atoms with Gasteiger partial charge < -0.3 is 34.1 Å². The van der Waals surface area contributed by atoms with Crippen LogP contribution in [0.25, 0.3) is 0 Å². The third kappa shape index (κ3) is 17.3. The number of carbonyl (C=O) groups excluding carboxylic acids is 4. The molecule has 0 spiro atoms. The summed E-state index contributed by atoms with van der Waals surface area (Å²) in [6.07, 6.45) is 9.98. The maximum atomic E-state index is 12.0. The third-order valence-corrected chi connectivity index (χ3v) is 6.89. The van der Waals surface area contributed by atoms with Gasteiger partial charge in [-0.1, -0.05) is 70.6 Å². The molecule has 1 fully saturated rings. The number of aliphatic carboxylic acids is 1. The number of carboxylic acids is 1. The zero-order valence-corrected chi connectivity index (χ0v) is 25.7. The van der Waals surface area contributed by atoms with Crippen molar-refractivity contribution in [2.75, 3.05) is 13.2 Å². The summed E-state index contributed by atoms with van der Waals surface area (Å²) in [6, 6.07) is -0.950. The van der Waals surface area contributed by atoms with Crippen LogP contribution in [0.3, 0.4) is 0 Å². The first-order valence-electron chi connectivity index (χ1n) is 15.2. The van der Waals surface area contributed by atoms with Gasteiger partial charge in [0.1, 0.15) is 18.8 Å². The van der Waals surface area contributed by atoms with Gasteiger partial charge in [-0.2, -0.15) is 0 Å². The van der Waals surface area contributed by atoms with Crippen molar-refractivity contribution < 1.29 is 52.8 Å². The normalized spacial score (nSPS) is 21.8. The SMILES string of the molecule is CC(=O)N[C@H]1[C@H](OCCCCCCCCCCCCCCCC(=O)O)O[C@H](COC(C)=O)[C@H](OC(C)=O)[C@@H]1OC(C)=O. The van der Waals surface area contributed by atoms with Crippen LogP contribution in [0.1, 0.15) is 118 Å². The molecule has 1 aliphatic heterocycles. The highest BCUT2D eigenvalue weighted by Gasteiger charge is 2.51. The van der Waals surface area contributed by atoms with Crippen molar-refractivity contribution in [3.63, 3.8) is 0 Å². The number of amides is 1. The topological polar surface area (TPSA) is 164 Å². The minimum atomic E-state index is -1.13. The lowest BCUT2D eigenvalue weighted by atomic mass is 9.96. The van der Waals surface area contributed by atoms with E-state index in [1.165, 1.54) is 66.2 Å². The second-order valence-corrected chi connectivity index (χ2v) is 10.8. The van der Waals surface area contributed by atoms with E-state index in [9.17, 15) is 24.0 Å². The lowest BCUT2D eigenvalue weighted by Gasteiger charge is -2.44. The van der Waals surface area contributed by atoms with Gasteiger partial charge in [0.05, 0.1) is 0 Å². The largest absolute Gasteiger partial charge is 0.481 e. The number of rotatable bonds is 22. The van der Waals surface area contributed by atoms with E-state index in [1.54, 1.807) is 0 Å². The fraction of sp³-hybridized carbons (Fsp3) is 0.833. The first-order chi connectivity index (χ1) is 20.0. The van der Waals surface area contributed by atoms with E-state index < -0.39 is 60.4 Å². The molecule has 0 aromatic heterocycles. The first kappa shape index (κ1) is 37.3. The number of carbonyl (C=O) groups is 5. The smallest absolute Gasteiger partial charge is 0.303 e. The molecular formula is C30H51NO11. The predicted molar refractivity (Wildman–Crippen MR) is 152 cm³/mol. The Labute approximate surface area is 249 Å². The van der Waals surface area contributed by atoms with Crippen LogP contribution in [0.5, 0.6) is 0 Å². The Morgan fingerprint density at radius 2 is 1.14 bits per heavy atom. The molecule has 1 rings (SSSR count). The Hall–Kier alpha value is -2.73. The van der Waals surface area contributed by atoms with Gasteiger partial charge in [0, 0.05) is 40.7 Å². The van der Waals surface area contributed by atoms with Gasteiger partial charge in [0.25, 0.3) is 0 Å². The standard InChI is InChI=1S/C30H51NO11/c1-21(32)31-27-29(41-24(4)35)28(40-23(3)34)25(20-39-22(2)33)42-30(27)38-19-17-15-13-11-9-7-5-6-8-10-12-14-16-18-26(36)37/h25,27-30H,5-20H2,1-4H3,(H,31,32)(H,36,37)/t25-,27-,28+,29-,30-/m1/s1. The quantitative estimate of drug-likeness (QED) is 0.104. The molecule has 0 radical (unpaired) electrons. The van der Waals surface area contributed by atoms with Crippen molar-refractivity contribution in [2.24, 2.45) is 0 Å². The van der Waals surface area contributed by atoms with Gasteiger partial charge in [-0.15, -0.1) is 0 Å². The summed E-state index contributed by atoms with van der Waals surface area (Å²) in [6.45, 7) is 5.01. The number of ether oxygens (including phenoxy) is 5. The van der Waals surface area contributed by atoms with Crippen molar-refractivity contribution in [1.82, 2.24) is 5.32 Å². The second kappa shape index (κ2) is 21.9. The van der Waals surface area contributed by atoms with Gasteiger partial charge in [-0.3, -0.25) is 24.0 Å². The van der Waals surface area contributed by atoms with Crippen molar-refractivity contribution in [1.29, 1.82) is 0 Å². The summed E-state index contributed by atoms with van der Waals surface area (Å²) in [5, 5.41) is 11.3. The summed E-state index contributed by atoms with van der Waals surface area (Å²) in [4.78, 5) is 57.7. The third-order valence-electron chi connectivity index (χ3n) is 6.89. The summed E-state index contributed by atoms with van der Waals surface area (Å²) < 4.78 is 27.9. The molecular weight excluding hydrogens is 550 g/mol. The van der Waals surface area contributed by atoms with Crippen molar-refractivity contribution in [3.05, 3.63) is 0 Å². The molecule has 0 aliphatic carbocycles. The molecule has 1 amide bonds. The first-order valence-corrected chi connectivity index (χ1v) is 15.2. The fourth-order valence-corrected chi connectivity index (χ4v) is 4.96. The molecule has 0 unspecified atom stereocenters. The van der Waals surface area contributed by atoms with Gasteiger partial charge in [-0.05, 0) is 12.8 Å². The van der Waals surface area contributed by atoms with Crippen LogP contribution in [-0.2, 0) is 47.7 Å². The molecule has 0 saturated carbocycles. The molecule has 1 aliphatic rings. The predicted octanol–water partition coefficient (Wildman–Crippen LogP) is 4.21. The highest BCUT2D eigenvalue weighted by molar-refractivity contribution is 5.73. The molecule has 1 heterocycles. The Bertz CT molecular complexity index is 834. The second-order valence-electron chi connectivity index (χ2n) is 10.8. The zero-order chi connectivity index (χ0) is 31.3. The average molecular weight is 602 g/mol. The van der Waals surface area contributed by atoms with Gasteiger partial charge in [0.2, 0.25) is 5.91 Å². The van der Waals surface area contributed by atoms with E-state index >= 15 is 0 Å². The van der Waals surface area contributed by atoms with E-state index in [2.05, 4.69) is 5.32 Å². The number of esters is 3. The number of hydrogen-bond donors (Lipinski definition) is 2. The zero-order valence-electron chi connectivity index (χ0n) is 25.7. The maximum absolute atomic E-state index is 12.0. The lowest BCUT2D eigenvalue weighted by molar-refractivity contribution is -0.277. The average Bonchev–Trinajstić information content (AvgIpc) is 2.89. The Kier molecular flexibility index (Phi) is 19.4. The highest BCUT2D eigenvalue weighted by atomic mass is 16.7. The van der Waals surface area contributed by atoms with Crippen LogP contribution in [-0.4, -0.2) is 78.7 Å². The van der Waals surface area contributed by atoms with Crippen LogP contribution >= 0.6 is 0 Å². The molecule has 0 aromatic rings. The van der Waals surface area contributed by atoms with Crippen LogP contribution < -0.4 is 5.32 Å². The Morgan fingerprint density at radius 1 is 0.667 bits per heavy atom. The van der Waals surface area contributed by atoms with Crippen molar-refractivity contribution >= 4 is 29.8 Å².